The van der Waals surface area contributed by atoms with Gasteiger partial charge in [-0.15, -0.1) is 0 Å². The van der Waals surface area contributed by atoms with Crippen molar-refractivity contribution in [3.8, 4) is 11.4 Å². The predicted octanol–water partition coefficient (Wildman–Crippen LogP) is 6.67. The molecule has 1 amide bonds. The molecule has 0 spiro atoms. The van der Waals surface area contributed by atoms with Gasteiger partial charge in [0, 0.05) is 27.2 Å². The highest BCUT2D eigenvalue weighted by atomic mass is 79.9. The molecule has 1 N–H and O–H groups in total. The standard InChI is InChI=1S/C36H33BrN4O3S/c1-20-7-16-30(21(2)17-20)39-34(42)32-23(4)38-36-41(33(32)25-8-14-29(44-6)15-9-25)35(43)31(45-36)19-26-18-22(3)40(24(26)5)28-12-10-27(37)11-13-28/h7-19,33H,1-6H3,(H,39,42)/b31-19-/t33-/m1/s1. The van der Waals surface area contributed by atoms with Gasteiger partial charge < -0.3 is 14.6 Å². The Morgan fingerprint density at radius 1 is 0.978 bits per heavy atom. The topological polar surface area (TPSA) is 77.6 Å². The van der Waals surface area contributed by atoms with Crippen molar-refractivity contribution in [2.24, 2.45) is 4.99 Å². The second-order valence-electron chi connectivity index (χ2n) is 11.3. The number of rotatable bonds is 6. The Balaban J connectivity index is 1.48. The van der Waals surface area contributed by atoms with Crippen molar-refractivity contribution in [1.82, 2.24) is 9.13 Å². The number of nitrogens with zero attached hydrogens (tertiary/aromatic N) is 3. The smallest absolute Gasteiger partial charge is 0.271 e. The number of hydrogen-bond acceptors (Lipinski definition) is 5. The van der Waals surface area contributed by atoms with E-state index in [0.717, 1.165) is 49.5 Å². The number of aryl methyl sites for hydroxylation is 3. The number of halogens is 1. The van der Waals surface area contributed by atoms with Gasteiger partial charge in [0.2, 0.25) is 0 Å². The number of aromatic nitrogens is 2. The van der Waals surface area contributed by atoms with Crippen molar-refractivity contribution >= 4 is 44.9 Å². The molecular formula is C36H33BrN4O3S. The largest absolute Gasteiger partial charge is 0.497 e. The molecular weight excluding hydrogens is 648 g/mol. The van der Waals surface area contributed by atoms with Crippen LogP contribution in [-0.2, 0) is 4.79 Å². The zero-order valence-corrected chi connectivity index (χ0v) is 28.3. The van der Waals surface area contributed by atoms with E-state index in [1.54, 1.807) is 11.7 Å². The molecule has 1 aliphatic heterocycles. The highest BCUT2D eigenvalue weighted by Gasteiger charge is 2.33. The van der Waals surface area contributed by atoms with Crippen molar-refractivity contribution in [3.05, 3.63) is 142 Å². The molecule has 0 unspecified atom stereocenters. The Labute approximate surface area is 274 Å². The summed E-state index contributed by atoms with van der Waals surface area (Å²) in [7, 11) is 1.61. The SMILES string of the molecule is COc1ccc([C@@H]2C(C(=O)Nc3ccc(C)cc3C)=C(C)N=c3s/c(=C\c4cc(C)n(-c5ccc(Br)cc5)c4C)c(=O)n32)cc1. The fraction of sp³-hybridized carbons (Fsp3) is 0.194. The highest BCUT2D eigenvalue weighted by molar-refractivity contribution is 9.10. The van der Waals surface area contributed by atoms with Crippen LogP contribution in [-0.4, -0.2) is 22.2 Å². The third-order valence-corrected chi connectivity index (χ3v) is 9.68. The molecule has 1 atom stereocenters. The molecule has 6 rings (SSSR count). The maximum absolute atomic E-state index is 14.3. The Hall–Kier alpha value is -4.47. The van der Waals surface area contributed by atoms with Crippen LogP contribution in [0.2, 0.25) is 0 Å². The Morgan fingerprint density at radius 2 is 1.69 bits per heavy atom. The lowest BCUT2D eigenvalue weighted by atomic mass is 9.95. The molecule has 2 aromatic heterocycles. The molecule has 0 saturated carbocycles. The van der Waals surface area contributed by atoms with Gasteiger partial charge in [-0.25, -0.2) is 4.99 Å². The van der Waals surface area contributed by atoms with Gasteiger partial charge in [0.25, 0.3) is 11.5 Å². The van der Waals surface area contributed by atoms with E-state index in [0.29, 0.717) is 26.4 Å². The molecule has 45 heavy (non-hydrogen) atoms. The molecule has 0 radical (unpaired) electrons. The van der Waals surface area contributed by atoms with Crippen LogP contribution in [0.3, 0.4) is 0 Å². The molecule has 0 saturated heterocycles. The Kier molecular flexibility index (Phi) is 8.24. The molecule has 0 fully saturated rings. The van der Waals surface area contributed by atoms with Gasteiger partial charge in [-0.2, -0.15) is 0 Å². The lowest BCUT2D eigenvalue weighted by Gasteiger charge is -2.25. The number of anilines is 1. The van der Waals surface area contributed by atoms with E-state index in [-0.39, 0.29) is 11.5 Å². The number of ether oxygens (including phenoxy) is 1. The average molecular weight is 682 g/mol. The summed E-state index contributed by atoms with van der Waals surface area (Å²) in [5, 5.41) is 3.09. The third kappa shape index (κ3) is 5.74. The second-order valence-corrected chi connectivity index (χ2v) is 13.2. The van der Waals surface area contributed by atoms with Crippen LogP contribution in [0.5, 0.6) is 5.75 Å². The first-order valence-electron chi connectivity index (χ1n) is 14.6. The van der Waals surface area contributed by atoms with Crippen LogP contribution in [0, 0.1) is 27.7 Å². The van der Waals surface area contributed by atoms with Gasteiger partial charge in [-0.3, -0.25) is 14.2 Å². The van der Waals surface area contributed by atoms with Gasteiger partial charge in [0.15, 0.2) is 4.80 Å². The maximum atomic E-state index is 14.3. The van der Waals surface area contributed by atoms with Crippen molar-refractivity contribution in [2.45, 2.75) is 40.7 Å². The Morgan fingerprint density at radius 3 is 2.36 bits per heavy atom. The third-order valence-electron chi connectivity index (χ3n) is 8.17. The van der Waals surface area contributed by atoms with Crippen LogP contribution >= 0.6 is 27.3 Å². The normalized spacial score (nSPS) is 14.7. The Bertz CT molecular complexity index is 2170. The molecule has 9 heteroatoms. The summed E-state index contributed by atoms with van der Waals surface area (Å²) < 4.78 is 10.8. The summed E-state index contributed by atoms with van der Waals surface area (Å²) in [6.07, 6.45) is 1.93. The van der Waals surface area contributed by atoms with Gasteiger partial charge in [-0.05, 0) is 106 Å². The lowest BCUT2D eigenvalue weighted by molar-refractivity contribution is -0.113. The molecule has 228 valence electrons. The zero-order valence-electron chi connectivity index (χ0n) is 25.9. The lowest BCUT2D eigenvalue weighted by Crippen LogP contribution is -2.40. The molecule has 3 heterocycles. The van der Waals surface area contributed by atoms with E-state index in [9.17, 15) is 9.59 Å². The molecule has 5 aromatic rings. The minimum absolute atomic E-state index is 0.197. The van der Waals surface area contributed by atoms with Crippen LogP contribution < -0.4 is 24.9 Å². The van der Waals surface area contributed by atoms with Gasteiger partial charge in [0.05, 0.1) is 29.0 Å². The van der Waals surface area contributed by atoms with Crippen LogP contribution in [0.25, 0.3) is 11.8 Å². The number of benzene rings is 3. The average Bonchev–Trinajstić information content (AvgIpc) is 3.47. The monoisotopic (exact) mass is 680 g/mol. The molecule has 7 nitrogen and oxygen atoms in total. The van der Waals surface area contributed by atoms with Crippen LogP contribution in [0.15, 0.2) is 98.3 Å². The summed E-state index contributed by atoms with van der Waals surface area (Å²) in [6.45, 7) is 9.92. The van der Waals surface area contributed by atoms with E-state index < -0.39 is 6.04 Å². The quantitative estimate of drug-likeness (QED) is 0.218. The number of hydrogen-bond donors (Lipinski definition) is 1. The highest BCUT2D eigenvalue weighted by Crippen LogP contribution is 2.32. The summed E-state index contributed by atoms with van der Waals surface area (Å²) in [5.41, 5.74) is 8.46. The molecule has 0 aliphatic carbocycles. The van der Waals surface area contributed by atoms with Crippen LogP contribution in [0.1, 0.15) is 46.6 Å². The zero-order chi connectivity index (χ0) is 32.0. The summed E-state index contributed by atoms with van der Waals surface area (Å²) in [4.78, 5) is 33.6. The molecule has 0 bridgehead atoms. The van der Waals surface area contributed by atoms with E-state index in [1.165, 1.54) is 11.3 Å². The van der Waals surface area contributed by atoms with Gasteiger partial charge >= 0.3 is 0 Å². The number of carbonyl (C=O) groups is 1. The van der Waals surface area contributed by atoms with Crippen LogP contribution in [0.4, 0.5) is 5.69 Å². The number of fused-ring (bicyclic) bond motifs is 1. The van der Waals surface area contributed by atoms with E-state index in [1.807, 2.05) is 81.4 Å². The number of allylic oxidation sites excluding steroid dienone is 1. The van der Waals surface area contributed by atoms with Gasteiger partial charge in [-0.1, -0.05) is 57.1 Å². The number of thiazole rings is 1. The van der Waals surface area contributed by atoms with Crippen molar-refractivity contribution in [2.75, 3.05) is 12.4 Å². The number of amides is 1. The van der Waals surface area contributed by atoms with E-state index in [4.69, 9.17) is 9.73 Å². The predicted molar refractivity (Wildman–Crippen MR) is 184 cm³/mol. The van der Waals surface area contributed by atoms with E-state index >= 15 is 0 Å². The maximum Gasteiger partial charge on any atom is 0.271 e. The first-order chi connectivity index (χ1) is 21.5. The minimum Gasteiger partial charge on any atom is -0.497 e. The minimum atomic E-state index is -0.671. The summed E-state index contributed by atoms with van der Waals surface area (Å²) in [6, 6.07) is 22.9. The molecule has 1 aliphatic rings. The fourth-order valence-electron chi connectivity index (χ4n) is 5.92. The first kappa shape index (κ1) is 30.6. The second kappa shape index (κ2) is 12.1. The molecule has 3 aromatic carbocycles. The van der Waals surface area contributed by atoms with Crippen molar-refractivity contribution < 1.29 is 9.53 Å². The first-order valence-corrected chi connectivity index (χ1v) is 16.2. The van der Waals surface area contributed by atoms with Crippen molar-refractivity contribution in [3.63, 3.8) is 0 Å². The number of carbonyl (C=O) groups excluding carboxylic acids is 1. The number of nitrogens with one attached hydrogen (secondary N) is 1. The van der Waals surface area contributed by atoms with E-state index in [2.05, 4.69) is 57.9 Å². The number of methoxy groups -OCH3 is 1. The summed E-state index contributed by atoms with van der Waals surface area (Å²) >= 11 is 4.85. The van der Waals surface area contributed by atoms with Crippen molar-refractivity contribution in [1.29, 1.82) is 0 Å². The summed E-state index contributed by atoms with van der Waals surface area (Å²) in [5.74, 6) is 0.394. The fourth-order valence-corrected chi connectivity index (χ4v) is 7.22. The van der Waals surface area contributed by atoms with Gasteiger partial charge in [0.1, 0.15) is 5.75 Å².